The quantitative estimate of drug-likeness (QED) is 0.742. The summed E-state index contributed by atoms with van der Waals surface area (Å²) >= 11 is 0. The van der Waals surface area contributed by atoms with E-state index < -0.39 is 5.60 Å². The maximum Gasteiger partial charge on any atom is 0.254 e. The highest BCUT2D eigenvalue weighted by Gasteiger charge is 2.55. The fourth-order valence-corrected chi connectivity index (χ4v) is 6.01. The zero-order valence-corrected chi connectivity index (χ0v) is 16.2. The Hall–Kier alpha value is -1.69. The van der Waals surface area contributed by atoms with Gasteiger partial charge in [-0.3, -0.25) is 4.79 Å². The second-order valence-corrected chi connectivity index (χ2v) is 9.76. The summed E-state index contributed by atoms with van der Waals surface area (Å²) in [6.07, 6.45) is 8.83. The van der Waals surface area contributed by atoms with Gasteiger partial charge in [-0.2, -0.15) is 0 Å². The van der Waals surface area contributed by atoms with Gasteiger partial charge in [0, 0.05) is 24.2 Å². The first kappa shape index (κ1) is 17.4. The van der Waals surface area contributed by atoms with Gasteiger partial charge in [0.05, 0.1) is 16.9 Å². The lowest BCUT2D eigenvalue weighted by Crippen LogP contribution is -2.61. The first-order chi connectivity index (χ1) is 12.9. The van der Waals surface area contributed by atoms with Crippen molar-refractivity contribution in [3.8, 4) is 0 Å². The summed E-state index contributed by atoms with van der Waals surface area (Å²) < 4.78 is 0. The number of aromatic nitrogens is 2. The highest BCUT2D eigenvalue weighted by atomic mass is 16.3. The number of hydrogen-bond acceptors (Lipinski definition) is 5. The zero-order valence-electron chi connectivity index (χ0n) is 16.2. The molecule has 1 amide bonds. The number of nitrogens with one attached hydrogen (secondary N) is 2. The third-order valence-electron chi connectivity index (χ3n) is 6.98. The van der Waals surface area contributed by atoms with Crippen LogP contribution in [0.15, 0.2) is 6.20 Å². The normalized spacial score (nSPS) is 36.9. The van der Waals surface area contributed by atoms with Crippen LogP contribution in [0, 0.1) is 17.8 Å². The first-order valence-electron chi connectivity index (χ1n) is 10.6. The van der Waals surface area contributed by atoms with E-state index >= 15 is 0 Å². The van der Waals surface area contributed by atoms with Crippen LogP contribution in [0.4, 0.5) is 5.95 Å². The number of hydrogen-bond donors (Lipinski definition) is 3. The van der Waals surface area contributed by atoms with E-state index in [2.05, 4.69) is 34.4 Å². The van der Waals surface area contributed by atoms with Gasteiger partial charge in [-0.25, -0.2) is 9.97 Å². The molecule has 0 spiro atoms. The first-order valence-corrected chi connectivity index (χ1v) is 10.6. The molecule has 1 aromatic rings. The van der Waals surface area contributed by atoms with Crippen molar-refractivity contribution in [1.82, 2.24) is 15.3 Å². The largest absolute Gasteiger partial charge is 0.390 e. The number of anilines is 1. The van der Waals surface area contributed by atoms with E-state index in [0.717, 1.165) is 50.6 Å². The van der Waals surface area contributed by atoms with Gasteiger partial charge in [0.25, 0.3) is 5.91 Å². The molecule has 5 aliphatic carbocycles. The number of carbonyl (C=O) groups is 1. The summed E-state index contributed by atoms with van der Waals surface area (Å²) in [6, 6.07) is 0.449. The van der Waals surface area contributed by atoms with Crippen molar-refractivity contribution in [2.45, 2.75) is 82.4 Å². The molecule has 5 aliphatic rings. The van der Waals surface area contributed by atoms with E-state index in [1.165, 1.54) is 0 Å². The van der Waals surface area contributed by atoms with E-state index in [1.807, 2.05) is 0 Å². The topological polar surface area (TPSA) is 87.1 Å². The molecule has 2 atom stereocenters. The van der Waals surface area contributed by atoms with Crippen molar-refractivity contribution in [2.75, 3.05) is 5.32 Å². The third kappa shape index (κ3) is 3.22. The summed E-state index contributed by atoms with van der Waals surface area (Å²) in [6.45, 7) is 4.11. The molecule has 1 aromatic heterocycles. The molecule has 3 N–H and O–H groups in total. The minimum Gasteiger partial charge on any atom is -0.390 e. The Morgan fingerprint density at radius 2 is 1.93 bits per heavy atom. The Labute approximate surface area is 160 Å². The van der Waals surface area contributed by atoms with E-state index in [1.54, 1.807) is 6.20 Å². The smallest absolute Gasteiger partial charge is 0.254 e. The van der Waals surface area contributed by atoms with Crippen LogP contribution < -0.4 is 10.6 Å². The van der Waals surface area contributed by atoms with Crippen LogP contribution in [0.1, 0.15) is 80.8 Å². The SMILES string of the molecule is CC(C)Nc1ncc(C(=O)N[C@H]2C3CC4CC2C[C@@](O)(C4)C3)c(C2CC2)n1. The average molecular weight is 370 g/mol. The molecule has 4 bridgehead atoms. The van der Waals surface area contributed by atoms with Gasteiger partial charge in [-0.05, 0) is 76.5 Å². The minimum atomic E-state index is -0.468. The monoisotopic (exact) mass is 370 g/mol. The Kier molecular flexibility index (Phi) is 3.97. The molecule has 146 valence electrons. The van der Waals surface area contributed by atoms with E-state index in [4.69, 9.17) is 0 Å². The molecule has 0 saturated heterocycles. The Morgan fingerprint density at radius 3 is 2.52 bits per heavy atom. The minimum absolute atomic E-state index is 0.0301. The standard InChI is InChI=1S/C21H30N4O2/c1-11(2)23-20-22-10-16(18(25-20)13-3-4-13)19(26)24-17-14-5-12-6-15(17)9-21(27,7-12)8-14/h10-15,17,27H,3-9H2,1-2H3,(H,24,26)(H,22,23,25)/t12?,14?,15?,17-,21+. The Morgan fingerprint density at radius 1 is 1.22 bits per heavy atom. The number of aliphatic hydroxyl groups is 1. The molecule has 27 heavy (non-hydrogen) atoms. The number of nitrogens with zero attached hydrogens (tertiary/aromatic N) is 2. The van der Waals surface area contributed by atoms with E-state index in [0.29, 0.717) is 35.2 Å². The molecular weight excluding hydrogens is 340 g/mol. The van der Waals surface area contributed by atoms with Gasteiger partial charge >= 0.3 is 0 Å². The zero-order chi connectivity index (χ0) is 18.8. The van der Waals surface area contributed by atoms with Gasteiger partial charge in [-0.1, -0.05) is 0 Å². The average Bonchev–Trinajstić information content (AvgIpc) is 3.41. The maximum atomic E-state index is 13.1. The Bertz CT molecular complexity index is 745. The molecule has 6 heteroatoms. The molecule has 1 heterocycles. The highest BCUT2D eigenvalue weighted by Crippen LogP contribution is 2.55. The predicted molar refractivity (Wildman–Crippen MR) is 103 cm³/mol. The summed E-state index contributed by atoms with van der Waals surface area (Å²) in [7, 11) is 0. The van der Waals surface area contributed by atoms with Crippen LogP contribution in [0.2, 0.25) is 0 Å². The van der Waals surface area contributed by atoms with Crippen LogP contribution >= 0.6 is 0 Å². The summed E-state index contributed by atoms with van der Waals surface area (Å²) in [5.41, 5.74) is 1.07. The predicted octanol–water partition coefficient (Wildman–Crippen LogP) is 2.84. The highest BCUT2D eigenvalue weighted by molar-refractivity contribution is 5.95. The summed E-state index contributed by atoms with van der Waals surface area (Å²) in [5.74, 6) is 2.44. The molecule has 5 fully saturated rings. The molecular formula is C21H30N4O2. The van der Waals surface area contributed by atoms with Gasteiger partial charge in [0.1, 0.15) is 0 Å². The molecule has 5 saturated carbocycles. The van der Waals surface area contributed by atoms with Crippen LogP contribution in [0.3, 0.4) is 0 Å². The van der Waals surface area contributed by atoms with Crippen molar-refractivity contribution in [2.24, 2.45) is 17.8 Å². The molecule has 6 nitrogen and oxygen atoms in total. The van der Waals surface area contributed by atoms with Crippen LogP contribution in [-0.2, 0) is 0 Å². The van der Waals surface area contributed by atoms with Crippen molar-refractivity contribution in [3.63, 3.8) is 0 Å². The molecule has 6 rings (SSSR count). The fourth-order valence-electron chi connectivity index (χ4n) is 6.01. The molecule has 0 radical (unpaired) electrons. The van der Waals surface area contributed by atoms with Crippen LogP contribution in [0.5, 0.6) is 0 Å². The summed E-state index contributed by atoms with van der Waals surface area (Å²) in [4.78, 5) is 22.2. The lowest BCUT2D eigenvalue weighted by molar-refractivity contribution is -0.136. The van der Waals surface area contributed by atoms with E-state index in [-0.39, 0.29) is 18.0 Å². The maximum absolute atomic E-state index is 13.1. The van der Waals surface area contributed by atoms with Crippen LogP contribution in [-0.4, -0.2) is 38.7 Å². The molecule has 0 aliphatic heterocycles. The lowest BCUT2D eigenvalue weighted by atomic mass is 9.52. The summed E-state index contributed by atoms with van der Waals surface area (Å²) in [5, 5.41) is 17.3. The third-order valence-corrected chi connectivity index (χ3v) is 6.98. The van der Waals surface area contributed by atoms with Gasteiger partial charge in [-0.15, -0.1) is 0 Å². The van der Waals surface area contributed by atoms with Crippen LogP contribution in [0.25, 0.3) is 0 Å². The van der Waals surface area contributed by atoms with E-state index in [9.17, 15) is 9.90 Å². The van der Waals surface area contributed by atoms with Crippen molar-refractivity contribution in [1.29, 1.82) is 0 Å². The van der Waals surface area contributed by atoms with Gasteiger partial charge in [0.15, 0.2) is 0 Å². The van der Waals surface area contributed by atoms with Gasteiger partial charge < -0.3 is 15.7 Å². The van der Waals surface area contributed by atoms with Gasteiger partial charge in [0.2, 0.25) is 5.95 Å². The number of carbonyl (C=O) groups excluding carboxylic acids is 1. The Balaban J connectivity index is 1.36. The number of amides is 1. The second-order valence-electron chi connectivity index (χ2n) is 9.76. The lowest BCUT2D eigenvalue weighted by Gasteiger charge is -2.58. The van der Waals surface area contributed by atoms with Crippen molar-refractivity contribution >= 4 is 11.9 Å². The fraction of sp³-hybridized carbons (Fsp3) is 0.762. The second kappa shape index (κ2) is 6.16. The molecule has 0 aromatic carbocycles. The molecule has 2 unspecified atom stereocenters. The van der Waals surface area contributed by atoms with Crippen molar-refractivity contribution in [3.05, 3.63) is 17.5 Å². The van der Waals surface area contributed by atoms with Crippen molar-refractivity contribution < 1.29 is 9.90 Å². The number of rotatable bonds is 5.